The number of carbonyl (C=O) groups is 1. The van der Waals surface area contributed by atoms with Gasteiger partial charge < -0.3 is 5.11 Å². The van der Waals surface area contributed by atoms with Crippen molar-refractivity contribution in [2.75, 3.05) is 0 Å². The molecule has 60 valence electrons. The number of hydrogen-bond acceptors (Lipinski definition) is 2. The lowest BCUT2D eigenvalue weighted by molar-refractivity contribution is -0.139. The Kier molecular flexibility index (Phi) is 1.63. The van der Waals surface area contributed by atoms with Crippen LogP contribution in [0.4, 0.5) is 0 Å². The van der Waals surface area contributed by atoms with Gasteiger partial charge in [-0.2, -0.15) is 5.26 Å². The van der Waals surface area contributed by atoms with Crippen LogP contribution in [0.25, 0.3) is 0 Å². The Balaban J connectivity index is 2.62. The molecule has 0 amide bonds. The van der Waals surface area contributed by atoms with Gasteiger partial charge in [-0.1, -0.05) is 13.8 Å². The minimum atomic E-state index is -0.768. The zero-order valence-corrected chi connectivity index (χ0v) is 6.66. The van der Waals surface area contributed by atoms with Crippen LogP contribution < -0.4 is 0 Å². The van der Waals surface area contributed by atoms with Gasteiger partial charge in [0.15, 0.2) is 0 Å². The fraction of sp³-hybridized carbons (Fsp3) is 0.750. The van der Waals surface area contributed by atoms with Gasteiger partial charge >= 0.3 is 5.97 Å². The van der Waals surface area contributed by atoms with Crippen LogP contribution in [0.15, 0.2) is 0 Å². The van der Waals surface area contributed by atoms with Gasteiger partial charge in [0.1, 0.15) is 0 Å². The molecule has 0 aromatic carbocycles. The Morgan fingerprint density at radius 2 is 2.27 bits per heavy atom. The predicted octanol–water partition coefficient (Wildman–Crippen LogP) is 1.26. The molecule has 0 aliphatic heterocycles. The molecular formula is C8H11NO2. The zero-order chi connectivity index (χ0) is 8.65. The van der Waals surface area contributed by atoms with E-state index in [4.69, 9.17) is 10.4 Å². The van der Waals surface area contributed by atoms with E-state index in [9.17, 15) is 4.79 Å². The second-order valence-electron chi connectivity index (χ2n) is 3.61. The van der Waals surface area contributed by atoms with Crippen molar-refractivity contribution in [3.8, 4) is 6.07 Å². The van der Waals surface area contributed by atoms with Crippen molar-refractivity contribution >= 4 is 5.97 Å². The van der Waals surface area contributed by atoms with Gasteiger partial charge in [0, 0.05) is 6.42 Å². The maximum absolute atomic E-state index is 10.6. The average molecular weight is 153 g/mol. The van der Waals surface area contributed by atoms with E-state index in [1.54, 1.807) is 0 Å². The van der Waals surface area contributed by atoms with Crippen LogP contribution >= 0.6 is 0 Å². The number of aliphatic carboxylic acids is 1. The van der Waals surface area contributed by atoms with Crippen molar-refractivity contribution in [1.29, 1.82) is 5.26 Å². The Hall–Kier alpha value is -1.04. The molecule has 3 nitrogen and oxygen atoms in total. The lowest BCUT2D eigenvalue weighted by atomic mass is 10.1. The summed E-state index contributed by atoms with van der Waals surface area (Å²) >= 11 is 0. The van der Waals surface area contributed by atoms with Gasteiger partial charge in [-0.15, -0.1) is 0 Å². The van der Waals surface area contributed by atoms with Crippen molar-refractivity contribution in [3.63, 3.8) is 0 Å². The number of nitriles is 1. The molecule has 1 aliphatic rings. The first kappa shape index (κ1) is 8.06. The molecule has 0 radical (unpaired) electrons. The van der Waals surface area contributed by atoms with Gasteiger partial charge in [0.2, 0.25) is 0 Å². The van der Waals surface area contributed by atoms with E-state index < -0.39 is 5.97 Å². The van der Waals surface area contributed by atoms with E-state index in [0.717, 1.165) is 0 Å². The fourth-order valence-electron chi connectivity index (χ4n) is 1.71. The fourth-order valence-corrected chi connectivity index (χ4v) is 1.71. The molecule has 0 saturated heterocycles. The summed E-state index contributed by atoms with van der Waals surface area (Å²) in [4.78, 5) is 10.6. The summed E-state index contributed by atoms with van der Waals surface area (Å²) in [6.07, 6.45) is 0.365. The highest BCUT2D eigenvalue weighted by atomic mass is 16.4. The largest absolute Gasteiger partial charge is 0.481 e. The van der Waals surface area contributed by atoms with E-state index in [1.165, 1.54) is 0 Å². The van der Waals surface area contributed by atoms with Crippen LogP contribution in [-0.4, -0.2) is 11.1 Å². The van der Waals surface area contributed by atoms with Crippen molar-refractivity contribution in [2.24, 2.45) is 17.3 Å². The van der Waals surface area contributed by atoms with Gasteiger partial charge in [-0.25, -0.2) is 0 Å². The van der Waals surface area contributed by atoms with E-state index in [0.29, 0.717) is 6.42 Å². The number of nitrogens with zero attached hydrogens (tertiary/aromatic N) is 1. The van der Waals surface area contributed by atoms with E-state index in [-0.39, 0.29) is 17.3 Å². The van der Waals surface area contributed by atoms with Crippen LogP contribution in [-0.2, 0) is 4.79 Å². The molecule has 0 bridgehead atoms. The summed E-state index contributed by atoms with van der Waals surface area (Å²) < 4.78 is 0. The molecule has 1 rings (SSSR count). The standard InChI is InChI=1S/C8H11NO2/c1-8(2)5(3-4-9)6(8)7(10)11/h5-6H,3H2,1-2H3,(H,10,11)/t5-,6-/m1/s1. The topological polar surface area (TPSA) is 61.1 Å². The number of carboxylic acid groups (broad SMARTS) is 1. The molecule has 0 aromatic rings. The SMILES string of the molecule is CC1(C)[C@H](CC#N)[C@@H]1C(=O)O. The molecule has 11 heavy (non-hydrogen) atoms. The Morgan fingerprint density at radius 3 is 2.55 bits per heavy atom. The van der Waals surface area contributed by atoms with Crippen molar-refractivity contribution < 1.29 is 9.90 Å². The first-order chi connectivity index (χ1) is 5.01. The van der Waals surface area contributed by atoms with Crippen molar-refractivity contribution in [1.82, 2.24) is 0 Å². The Bertz CT molecular complexity index is 227. The van der Waals surface area contributed by atoms with Crippen LogP contribution in [0.3, 0.4) is 0 Å². The highest BCUT2D eigenvalue weighted by Crippen LogP contribution is 2.59. The quantitative estimate of drug-likeness (QED) is 0.649. The van der Waals surface area contributed by atoms with Gasteiger partial charge in [0.25, 0.3) is 0 Å². The van der Waals surface area contributed by atoms with Crippen molar-refractivity contribution in [3.05, 3.63) is 0 Å². The third-order valence-electron chi connectivity index (χ3n) is 2.63. The summed E-state index contributed by atoms with van der Waals surface area (Å²) in [7, 11) is 0. The molecule has 0 heterocycles. The summed E-state index contributed by atoms with van der Waals surface area (Å²) in [6, 6.07) is 2.01. The molecule has 1 fully saturated rings. The zero-order valence-electron chi connectivity index (χ0n) is 6.66. The van der Waals surface area contributed by atoms with Gasteiger partial charge in [0.05, 0.1) is 12.0 Å². The Morgan fingerprint density at radius 1 is 1.73 bits per heavy atom. The minimum absolute atomic E-state index is 0.0602. The molecule has 1 N–H and O–H groups in total. The van der Waals surface area contributed by atoms with Crippen LogP contribution in [0.1, 0.15) is 20.3 Å². The van der Waals surface area contributed by atoms with Gasteiger partial charge in [-0.3, -0.25) is 4.79 Å². The predicted molar refractivity (Wildman–Crippen MR) is 38.6 cm³/mol. The normalized spacial score (nSPS) is 32.5. The van der Waals surface area contributed by atoms with Crippen molar-refractivity contribution in [2.45, 2.75) is 20.3 Å². The molecule has 2 atom stereocenters. The summed E-state index contributed by atoms with van der Waals surface area (Å²) in [5.74, 6) is -1.01. The molecular weight excluding hydrogens is 142 g/mol. The van der Waals surface area contributed by atoms with E-state index in [2.05, 4.69) is 0 Å². The number of rotatable bonds is 2. The first-order valence-corrected chi connectivity index (χ1v) is 3.61. The maximum Gasteiger partial charge on any atom is 0.307 e. The maximum atomic E-state index is 10.6. The first-order valence-electron chi connectivity index (χ1n) is 3.61. The summed E-state index contributed by atoms with van der Waals surface area (Å²) in [5, 5.41) is 17.0. The van der Waals surface area contributed by atoms with E-state index >= 15 is 0 Å². The Labute approximate surface area is 65.6 Å². The molecule has 1 aliphatic carbocycles. The third-order valence-corrected chi connectivity index (χ3v) is 2.63. The number of hydrogen-bond donors (Lipinski definition) is 1. The van der Waals surface area contributed by atoms with Gasteiger partial charge in [-0.05, 0) is 11.3 Å². The number of carboxylic acids is 1. The lowest BCUT2D eigenvalue weighted by Crippen LogP contribution is -2.03. The monoisotopic (exact) mass is 153 g/mol. The van der Waals surface area contributed by atoms with Crippen LogP contribution in [0.5, 0.6) is 0 Å². The summed E-state index contributed by atoms with van der Waals surface area (Å²) in [6.45, 7) is 3.79. The molecule has 0 spiro atoms. The molecule has 1 saturated carbocycles. The van der Waals surface area contributed by atoms with E-state index in [1.807, 2.05) is 19.9 Å². The van der Waals surface area contributed by atoms with Crippen LogP contribution in [0.2, 0.25) is 0 Å². The average Bonchev–Trinajstić information content (AvgIpc) is 2.35. The minimum Gasteiger partial charge on any atom is -0.481 e. The summed E-state index contributed by atoms with van der Waals surface area (Å²) in [5.41, 5.74) is -0.165. The lowest BCUT2D eigenvalue weighted by Gasteiger charge is -1.96. The molecule has 0 unspecified atom stereocenters. The molecule has 0 aromatic heterocycles. The third kappa shape index (κ3) is 1.09. The molecule has 3 heteroatoms. The highest BCUT2D eigenvalue weighted by Gasteiger charge is 2.61. The second kappa shape index (κ2) is 2.23. The smallest absolute Gasteiger partial charge is 0.307 e. The highest BCUT2D eigenvalue weighted by molar-refractivity contribution is 5.75. The van der Waals surface area contributed by atoms with Crippen LogP contribution in [0, 0.1) is 28.6 Å². The second-order valence-corrected chi connectivity index (χ2v) is 3.61.